The largest absolute Gasteiger partial charge is 0.492 e. The Morgan fingerprint density at radius 1 is 1.47 bits per heavy atom. The van der Waals surface area contributed by atoms with E-state index in [1.54, 1.807) is 6.07 Å². The fraction of sp³-hybridized carbons (Fsp3) is 0.250. The first kappa shape index (κ1) is 11.8. The summed E-state index contributed by atoms with van der Waals surface area (Å²) in [5.74, 6) is 0.673. The Morgan fingerprint density at radius 3 is 2.82 bits per heavy atom. The fourth-order valence-corrected chi connectivity index (χ4v) is 1.83. The summed E-state index contributed by atoms with van der Waals surface area (Å²) in [4.78, 5) is 4.07. The summed E-state index contributed by atoms with van der Waals surface area (Å²) >= 11 is 6.12. The van der Waals surface area contributed by atoms with Gasteiger partial charge in [0.25, 0.3) is 6.01 Å². The molecule has 0 aliphatic carbocycles. The normalized spacial score (nSPS) is 10.5. The Hall–Kier alpha value is -1.68. The molecule has 2 N–H and O–H groups in total. The zero-order valence-electron chi connectivity index (χ0n) is 9.66. The van der Waals surface area contributed by atoms with Crippen molar-refractivity contribution in [3.63, 3.8) is 0 Å². The Balaban J connectivity index is 2.46. The number of nitrogen functional groups attached to an aromatic ring is 1. The lowest BCUT2D eigenvalue weighted by molar-refractivity contribution is 0.340. The molecule has 17 heavy (non-hydrogen) atoms. The number of aryl methyl sites for hydroxylation is 1. The van der Waals surface area contributed by atoms with Gasteiger partial charge in [-0.3, -0.25) is 0 Å². The molecule has 1 aromatic carbocycles. The van der Waals surface area contributed by atoms with E-state index in [2.05, 4.69) is 4.98 Å². The van der Waals surface area contributed by atoms with Gasteiger partial charge in [-0.25, -0.2) is 0 Å². The maximum Gasteiger partial charge on any atom is 0.292 e. The van der Waals surface area contributed by atoms with Gasteiger partial charge in [-0.1, -0.05) is 11.6 Å². The maximum atomic E-state index is 6.12. The van der Waals surface area contributed by atoms with Gasteiger partial charge in [0, 0.05) is 5.56 Å². The Labute approximate surface area is 104 Å². The van der Waals surface area contributed by atoms with E-state index in [1.807, 2.05) is 19.9 Å². The third-order valence-electron chi connectivity index (χ3n) is 2.38. The second kappa shape index (κ2) is 4.67. The number of ether oxygens (including phenoxy) is 1. The number of nitrogens with zero attached hydrogens (tertiary/aromatic N) is 1. The Morgan fingerprint density at radius 2 is 2.24 bits per heavy atom. The summed E-state index contributed by atoms with van der Waals surface area (Å²) < 4.78 is 10.4. The molecule has 0 radical (unpaired) electrons. The minimum atomic E-state index is 0.143. The second-order valence-corrected chi connectivity index (χ2v) is 4.01. The summed E-state index contributed by atoms with van der Waals surface area (Å²) in [7, 11) is 0. The van der Waals surface area contributed by atoms with Crippen molar-refractivity contribution in [2.45, 2.75) is 13.8 Å². The average Bonchev–Trinajstić information content (AvgIpc) is 2.70. The molecular weight excluding hydrogens is 240 g/mol. The highest BCUT2D eigenvalue weighted by Gasteiger charge is 2.11. The molecule has 0 fully saturated rings. The lowest BCUT2D eigenvalue weighted by Gasteiger charge is -2.09. The minimum Gasteiger partial charge on any atom is -0.492 e. The van der Waals surface area contributed by atoms with E-state index in [4.69, 9.17) is 26.5 Å². The molecule has 0 aliphatic heterocycles. The molecule has 0 aliphatic rings. The predicted molar refractivity (Wildman–Crippen MR) is 67.3 cm³/mol. The molecule has 1 aromatic heterocycles. The first-order valence-corrected chi connectivity index (χ1v) is 5.64. The topological polar surface area (TPSA) is 61.3 Å². The van der Waals surface area contributed by atoms with Crippen molar-refractivity contribution >= 4 is 17.6 Å². The highest BCUT2D eigenvalue weighted by Crippen LogP contribution is 2.33. The first-order valence-electron chi connectivity index (χ1n) is 5.26. The van der Waals surface area contributed by atoms with E-state index in [9.17, 15) is 0 Å². The van der Waals surface area contributed by atoms with Crippen LogP contribution >= 0.6 is 11.6 Å². The van der Waals surface area contributed by atoms with Crippen LogP contribution < -0.4 is 10.5 Å². The first-order chi connectivity index (χ1) is 8.11. The lowest BCUT2D eigenvalue weighted by Crippen LogP contribution is -1.94. The smallest absolute Gasteiger partial charge is 0.292 e. The summed E-state index contributed by atoms with van der Waals surface area (Å²) in [6.07, 6.45) is 1.51. The van der Waals surface area contributed by atoms with Crippen molar-refractivity contribution in [3.8, 4) is 17.0 Å². The molecule has 0 bridgehead atoms. The quantitative estimate of drug-likeness (QED) is 0.911. The van der Waals surface area contributed by atoms with Crippen LogP contribution in [0.4, 0.5) is 6.01 Å². The molecule has 0 spiro atoms. The summed E-state index contributed by atoms with van der Waals surface area (Å²) in [6, 6.07) is 3.83. The van der Waals surface area contributed by atoms with E-state index in [0.29, 0.717) is 23.1 Å². The summed E-state index contributed by atoms with van der Waals surface area (Å²) in [5, 5.41) is 0.550. The molecule has 0 amide bonds. The van der Waals surface area contributed by atoms with Crippen LogP contribution in [0.1, 0.15) is 12.5 Å². The molecule has 0 saturated heterocycles. The summed E-state index contributed by atoms with van der Waals surface area (Å²) in [5.41, 5.74) is 8.01. The maximum absolute atomic E-state index is 6.12. The molecule has 90 valence electrons. The van der Waals surface area contributed by atoms with E-state index in [1.165, 1.54) is 6.26 Å². The van der Waals surface area contributed by atoms with Gasteiger partial charge in [-0.2, -0.15) is 4.98 Å². The Kier molecular flexibility index (Phi) is 3.24. The van der Waals surface area contributed by atoms with Crippen molar-refractivity contribution in [1.29, 1.82) is 0 Å². The van der Waals surface area contributed by atoms with Gasteiger partial charge < -0.3 is 14.9 Å². The molecule has 0 saturated carbocycles. The average molecular weight is 253 g/mol. The van der Waals surface area contributed by atoms with Gasteiger partial charge in [0.05, 0.1) is 11.6 Å². The minimum absolute atomic E-state index is 0.143. The van der Waals surface area contributed by atoms with E-state index >= 15 is 0 Å². The van der Waals surface area contributed by atoms with Crippen LogP contribution in [0.25, 0.3) is 11.3 Å². The third-order valence-corrected chi connectivity index (χ3v) is 2.67. The third kappa shape index (κ3) is 2.36. The van der Waals surface area contributed by atoms with Crippen molar-refractivity contribution < 1.29 is 9.15 Å². The van der Waals surface area contributed by atoms with Crippen LogP contribution in [0.15, 0.2) is 22.8 Å². The van der Waals surface area contributed by atoms with Crippen molar-refractivity contribution in [1.82, 2.24) is 4.98 Å². The van der Waals surface area contributed by atoms with Gasteiger partial charge >= 0.3 is 0 Å². The highest BCUT2D eigenvalue weighted by atomic mass is 35.5. The highest BCUT2D eigenvalue weighted by molar-refractivity contribution is 6.32. The van der Waals surface area contributed by atoms with Crippen LogP contribution in [0.2, 0.25) is 5.02 Å². The van der Waals surface area contributed by atoms with Crippen molar-refractivity contribution in [3.05, 3.63) is 29.0 Å². The van der Waals surface area contributed by atoms with Crippen LogP contribution in [0.3, 0.4) is 0 Å². The molecule has 0 atom stereocenters. The van der Waals surface area contributed by atoms with E-state index < -0.39 is 0 Å². The lowest BCUT2D eigenvalue weighted by atomic mass is 10.1. The second-order valence-electron chi connectivity index (χ2n) is 3.60. The molecule has 2 aromatic rings. The van der Waals surface area contributed by atoms with Crippen LogP contribution in [-0.2, 0) is 0 Å². The number of hydrogen-bond donors (Lipinski definition) is 1. The van der Waals surface area contributed by atoms with Crippen molar-refractivity contribution in [2.75, 3.05) is 12.3 Å². The predicted octanol–water partition coefficient (Wildman–Crippen LogP) is 3.28. The fourth-order valence-electron chi connectivity index (χ4n) is 1.61. The number of halogens is 1. The standard InChI is InChI=1S/C12H13ClN2O2/c1-3-16-11-4-7(2)8(5-9(11)13)10-6-17-12(14)15-10/h4-6H,3H2,1-2H3,(H2,14,15). The Bertz CT molecular complexity index is 537. The van der Waals surface area contributed by atoms with Gasteiger partial charge in [-0.15, -0.1) is 0 Å². The number of nitrogens with two attached hydrogens (primary N) is 1. The number of hydrogen-bond acceptors (Lipinski definition) is 4. The van der Waals surface area contributed by atoms with Crippen LogP contribution in [-0.4, -0.2) is 11.6 Å². The van der Waals surface area contributed by atoms with Crippen LogP contribution in [0, 0.1) is 6.92 Å². The number of oxazole rings is 1. The number of benzene rings is 1. The molecule has 0 unspecified atom stereocenters. The van der Waals surface area contributed by atoms with Gasteiger partial charge in [-0.05, 0) is 31.5 Å². The zero-order valence-corrected chi connectivity index (χ0v) is 10.4. The van der Waals surface area contributed by atoms with Gasteiger partial charge in [0.1, 0.15) is 17.7 Å². The van der Waals surface area contributed by atoms with Gasteiger partial charge in [0.2, 0.25) is 0 Å². The molecule has 1 heterocycles. The molecule has 5 heteroatoms. The molecule has 2 rings (SSSR count). The van der Waals surface area contributed by atoms with Crippen LogP contribution in [0.5, 0.6) is 5.75 Å². The molecular formula is C12H13ClN2O2. The number of anilines is 1. The molecule has 4 nitrogen and oxygen atoms in total. The van der Waals surface area contributed by atoms with Crippen molar-refractivity contribution in [2.24, 2.45) is 0 Å². The monoisotopic (exact) mass is 252 g/mol. The summed E-state index contributed by atoms with van der Waals surface area (Å²) in [6.45, 7) is 4.45. The van der Waals surface area contributed by atoms with Gasteiger partial charge in [0.15, 0.2) is 0 Å². The zero-order chi connectivity index (χ0) is 12.4. The number of aromatic nitrogens is 1. The number of rotatable bonds is 3. The van der Waals surface area contributed by atoms with E-state index in [-0.39, 0.29) is 6.01 Å². The SMILES string of the molecule is CCOc1cc(C)c(-c2coc(N)n2)cc1Cl. The van der Waals surface area contributed by atoms with E-state index in [0.717, 1.165) is 11.1 Å².